The van der Waals surface area contributed by atoms with Gasteiger partial charge < -0.3 is 14.8 Å². The number of pyridine rings is 1. The number of carbonyl (C=O) groups is 1. The van der Waals surface area contributed by atoms with Crippen LogP contribution in [0.3, 0.4) is 0 Å². The Hall–Kier alpha value is -3.87. The van der Waals surface area contributed by atoms with Gasteiger partial charge in [-0.3, -0.25) is 4.79 Å². The number of H-pyrrole nitrogens is 1. The van der Waals surface area contributed by atoms with E-state index in [-0.39, 0.29) is 17.0 Å². The summed E-state index contributed by atoms with van der Waals surface area (Å²) in [4.78, 5) is 21.7. The molecule has 2 atom stereocenters. The number of aromatic nitrogens is 3. The number of carboxylic acid groups (broad SMARTS) is 1. The van der Waals surface area contributed by atoms with Crippen LogP contribution in [0, 0.1) is 23.7 Å². The fourth-order valence-corrected chi connectivity index (χ4v) is 3.78. The lowest BCUT2D eigenvalue weighted by Crippen LogP contribution is -2.51. The largest absolute Gasteiger partial charge is 0.481 e. The highest BCUT2D eigenvalue weighted by Crippen LogP contribution is 2.43. The topological polar surface area (TPSA) is 112 Å². The summed E-state index contributed by atoms with van der Waals surface area (Å²) in [7, 11) is 0. The monoisotopic (exact) mass is 456 g/mol. The Balaban J connectivity index is 1.60. The van der Waals surface area contributed by atoms with Crippen molar-refractivity contribution in [3.63, 3.8) is 0 Å². The van der Waals surface area contributed by atoms with E-state index >= 15 is 0 Å². The molecule has 1 fully saturated rings. The van der Waals surface area contributed by atoms with Crippen molar-refractivity contribution in [2.45, 2.75) is 39.0 Å². The number of hydrogen-bond acceptors (Lipinski definition) is 5. The number of aryl methyl sites for hydroxylation is 1. The number of rotatable bonds is 5. The van der Waals surface area contributed by atoms with Gasteiger partial charge in [-0.1, -0.05) is 6.07 Å². The SMILES string of the molecule is Cc1cc(OC2CCC2(C)C(=O)O)ncc1-c1ccc(-c2ncc(C(F)(F)F)[nH]2)c(C#N)c1. The van der Waals surface area contributed by atoms with E-state index in [9.17, 15) is 28.3 Å². The lowest BCUT2D eigenvalue weighted by molar-refractivity contribution is -0.164. The zero-order valence-electron chi connectivity index (χ0n) is 17.7. The van der Waals surface area contributed by atoms with E-state index in [4.69, 9.17) is 4.74 Å². The molecule has 10 heteroatoms. The number of imidazole rings is 1. The van der Waals surface area contributed by atoms with Crippen LogP contribution in [0.2, 0.25) is 0 Å². The number of nitrogens with one attached hydrogen (secondary N) is 1. The minimum Gasteiger partial charge on any atom is -0.481 e. The van der Waals surface area contributed by atoms with Crippen molar-refractivity contribution in [1.82, 2.24) is 15.0 Å². The average molecular weight is 456 g/mol. The van der Waals surface area contributed by atoms with Gasteiger partial charge in [0.15, 0.2) is 0 Å². The molecule has 170 valence electrons. The molecule has 0 aliphatic heterocycles. The summed E-state index contributed by atoms with van der Waals surface area (Å²) in [6, 6.07) is 8.45. The number of aromatic amines is 1. The smallest absolute Gasteiger partial charge is 0.432 e. The third-order valence-corrected chi connectivity index (χ3v) is 6.06. The number of halogens is 3. The van der Waals surface area contributed by atoms with Crippen LogP contribution in [-0.4, -0.2) is 32.1 Å². The van der Waals surface area contributed by atoms with E-state index in [0.717, 1.165) is 5.56 Å². The van der Waals surface area contributed by atoms with Crippen LogP contribution in [0.25, 0.3) is 22.5 Å². The molecular weight excluding hydrogens is 437 g/mol. The number of carboxylic acids is 1. The van der Waals surface area contributed by atoms with Crippen molar-refractivity contribution in [2.24, 2.45) is 5.41 Å². The molecule has 0 spiro atoms. The molecular formula is C23H19F3N4O3. The second-order valence-electron chi connectivity index (χ2n) is 8.22. The first-order chi connectivity index (χ1) is 15.5. The normalized spacial score (nSPS) is 20.1. The molecule has 2 heterocycles. The Kier molecular flexibility index (Phi) is 5.36. The molecule has 1 aromatic carbocycles. The van der Waals surface area contributed by atoms with E-state index in [2.05, 4.69) is 15.0 Å². The molecule has 1 aliphatic carbocycles. The number of hydrogen-bond donors (Lipinski definition) is 2. The highest BCUT2D eigenvalue weighted by molar-refractivity contribution is 5.76. The van der Waals surface area contributed by atoms with Gasteiger partial charge in [0.05, 0.1) is 17.8 Å². The van der Waals surface area contributed by atoms with Gasteiger partial charge in [-0.25, -0.2) is 9.97 Å². The van der Waals surface area contributed by atoms with E-state index < -0.39 is 29.4 Å². The maximum Gasteiger partial charge on any atom is 0.432 e. The lowest BCUT2D eigenvalue weighted by atomic mass is 9.67. The minimum atomic E-state index is -4.56. The van der Waals surface area contributed by atoms with Gasteiger partial charge in [0.1, 0.15) is 23.0 Å². The van der Waals surface area contributed by atoms with E-state index in [1.807, 2.05) is 13.0 Å². The van der Waals surface area contributed by atoms with Crippen molar-refractivity contribution in [1.29, 1.82) is 5.26 Å². The van der Waals surface area contributed by atoms with Crippen molar-refractivity contribution in [2.75, 3.05) is 0 Å². The summed E-state index contributed by atoms with van der Waals surface area (Å²) in [5, 5.41) is 19.0. The molecule has 7 nitrogen and oxygen atoms in total. The number of ether oxygens (including phenoxy) is 1. The van der Waals surface area contributed by atoms with Crippen LogP contribution < -0.4 is 4.74 Å². The zero-order valence-corrected chi connectivity index (χ0v) is 17.7. The van der Waals surface area contributed by atoms with E-state index in [1.165, 1.54) is 6.07 Å². The van der Waals surface area contributed by atoms with Crippen LogP contribution in [0.1, 0.15) is 36.6 Å². The van der Waals surface area contributed by atoms with E-state index in [0.29, 0.717) is 36.0 Å². The van der Waals surface area contributed by atoms with Gasteiger partial charge >= 0.3 is 12.1 Å². The molecule has 1 saturated carbocycles. The zero-order chi connectivity index (χ0) is 24.0. The molecule has 2 N–H and O–H groups in total. The third kappa shape index (κ3) is 4.02. The molecule has 0 amide bonds. The number of nitriles is 1. The molecule has 4 rings (SSSR count). The van der Waals surface area contributed by atoms with Crippen LogP contribution in [0.4, 0.5) is 13.2 Å². The molecule has 2 aromatic heterocycles. The van der Waals surface area contributed by atoms with Crippen molar-refractivity contribution in [3.8, 4) is 34.5 Å². The van der Waals surface area contributed by atoms with Crippen LogP contribution in [-0.2, 0) is 11.0 Å². The molecule has 0 bridgehead atoms. The average Bonchev–Trinajstić information content (AvgIpc) is 3.26. The first-order valence-corrected chi connectivity index (χ1v) is 10.1. The van der Waals surface area contributed by atoms with Gasteiger partial charge in [0, 0.05) is 23.4 Å². The maximum atomic E-state index is 12.9. The predicted octanol–water partition coefficient (Wildman–Crippen LogP) is 4.97. The Labute approximate surface area is 186 Å². The van der Waals surface area contributed by atoms with Crippen molar-refractivity contribution in [3.05, 3.63) is 53.5 Å². The Morgan fingerprint density at radius 3 is 2.58 bits per heavy atom. The van der Waals surface area contributed by atoms with Crippen LogP contribution in [0.5, 0.6) is 5.88 Å². The minimum absolute atomic E-state index is 0.0500. The number of alkyl halides is 3. The van der Waals surface area contributed by atoms with Crippen molar-refractivity contribution < 1.29 is 27.8 Å². The molecule has 1 aliphatic rings. The molecule has 0 radical (unpaired) electrons. The second kappa shape index (κ2) is 7.92. The first kappa shape index (κ1) is 22.3. The molecule has 33 heavy (non-hydrogen) atoms. The summed E-state index contributed by atoms with van der Waals surface area (Å²) in [5.41, 5.74) is 0.604. The van der Waals surface area contributed by atoms with Gasteiger partial charge in [-0.15, -0.1) is 0 Å². The Morgan fingerprint density at radius 1 is 1.27 bits per heavy atom. The number of nitrogens with zero attached hydrogens (tertiary/aromatic N) is 3. The van der Waals surface area contributed by atoms with Gasteiger partial charge in [0.25, 0.3) is 0 Å². The number of benzene rings is 1. The quantitative estimate of drug-likeness (QED) is 0.561. The molecule has 2 unspecified atom stereocenters. The summed E-state index contributed by atoms with van der Waals surface area (Å²) in [6.07, 6.45) is -1.62. The highest BCUT2D eigenvalue weighted by atomic mass is 19.4. The summed E-state index contributed by atoms with van der Waals surface area (Å²) in [6.45, 7) is 3.47. The van der Waals surface area contributed by atoms with Gasteiger partial charge in [-0.05, 0) is 49.9 Å². The summed E-state index contributed by atoms with van der Waals surface area (Å²) >= 11 is 0. The van der Waals surface area contributed by atoms with Gasteiger partial charge in [-0.2, -0.15) is 18.4 Å². The van der Waals surface area contributed by atoms with Crippen LogP contribution in [0.15, 0.2) is 36.7 Å². The Bertz CT molecular complexity index is 1280. The summed E-state index contributed by atoms with van der Waals surface area (Å²) < 4.78 is 44.4. The first-order valence-electron chi connectivity index (χ1n) is 10.1. The Morgan fingerprint density at radius 2 is 2.03 bits per heavy atom. The van der Waals surface area contributed by atoms with Crippen molar-refractivity contribution >= 4 is 5.97 Å². The predicted molar refractivity (Wildman–Crippen MR) is 111 cm³/mol. The van der Waals surface area contributed by atoms with Gasteiger partial charge in [0.2, 0.25) is 5.88 Å². The highest BCUT2D eigenvalue weighted by Gasteiger charge is 2.51. The fourth-order valence-electron chi connectivity index (χ4n) is 3.78. The second-order valence-corrected chi connectivity index (χ2v) is 8.22. The fraction of sp³-hybridized carbons (Fsp3) is 0.304. The summed E-state index contributed by atoms with van der Waals surface area (Å²) in [5.74, 6) is -0.651. The number of aliphatic carboxylic acids is 1. The van der Waals surface area contributed by atoms with Crippen LogP contribution >= 0.6 is 0 Å². The standard InChI is InChI=1S/C23H19F3N4O3/c1-12-7-19(33-18-5-6-22(18,2)21(31)32)28-10-16(12)13-3-4-15(14(8-13)9-27)20-29-11-17(30-20)23(24,25)26/h3-4,7-8,10-11,18H,5-6H2,1-2H3,(H,29,30)(H,31,32). The maximum absolute atomic E-state index is 12.9. The third-order valence-electron chi connectivity index (χ3n) is 6.06. The lowest BCUT2D eigenvalue weighted by Gasteiger charge is -2.42. The molecule has 0 saturated heterocycles. The van der Waals surface area contributed by atoms with E-state index in [1.54, 1.807) is 31.3 Å². The molecule has 3 aromatic rings.